The fourth-order valence-electron chi connectivity index (χ4n) is 0.756. The van der Waals surface area contributed by atoms with Crippen LogP contribution in [0.25, 0.3) is 0 Å². The number of hydrogen-bond donors (Lipinski definition) is 2. The Morgan fingerprint density at radius 2 is 1.91 bits per heavy atom. The number of aliphatic hydroxyl groups is 1. The highest BCUT2D eigenvalue weighted by molar-refractivity contribution is 4.72. The van der Waals surface area contributed by atoms with Crippen molar-refractivity contribution in [3.63, 3.8) is 0 Å². The van der Waals surface area contributed by atoms with Gasteiger partial charge < -0.3 is 10.4 Å². The van der Waals surface area contributed by atoms with Crippen LogP contribution in [0.1, 0.15) is 6.92 Å². The summed E-state index contributed by atoms with van der Waals surface area (Å²) in [4.78, 5) is 0. The van der Waals surface area contributed by atoms with Crippen molar-refractivity contribution in [2.24, 2.45) is 5.92 Å². The van der Waals surface area contributed by atoms with E-state index in [1.807, 2.05) is 0 Å². The smallest absolute Gasteiger partial charge is 0.383 e. The molecule has 68 valence electrons. The zero-order valence-electron chi connectivity index (χ0n) is 6.44. The number of aliphatic hydroxyl groups excluding tert-OH is 1. The molecule has 0 heterocycles. The Kier molecular flexibility index (Phi) is 3.82. The molecule has 2 atom stereocenters. The molecular formula is C6H12F3NO. The van der Waals surface area contributed by atoms with Crippen LogP contribution in [0.3, 0.4) is 0 Å². The van der Waals surface area contributed by atoms with Gasteiger partial charge in [-0.25, -0.2) is 0 Å². The van der Waals surface area contributed by atoms with Gasteiger partial charge in [0.1, 0.15) is 0 Å². The fourth-order valence-corrected chi connectivity index (χ4v) is 0.756. The van der Waals surface area contributed by atoms with E-state index in [0.29, 0.717) is 0 Å². The van der Waals surface area contributed by atoms with Crippen molar-refractivity contribution in [3.05, 3.63) is 0 Å². The summed E-state index contributed by atoms with van der Waals surface area (Å²) in [6.45, 7) is 1.50. The van der Waals surface area contributed by atoms with Crippen LogP contribution in [0.5, 0.6) is 0 Å². The molecule has 2 unspecified atom stereocenters. The Labute approximate surface area is 63.4 Å². The van der Waals surface area contributed by atoms with Crippen LogP contribution in [0, 0.1) is 5.92 Å². The highest BCUT2D eigenvalue weighted by Gasteiger charge is 2.41. The van der Waals surface area contributed by atoms with Crippen molar-refractivity contribution < 1.29 is 18.3 Å². The number of nitrogens with one attached hydrogen (secondary N) is 1. The lowest BCUT2D eigenvalue weighted by Crippen LogP contribution is -2.38. The maximum absolute atomic E-state index is 11.7. The summed E-state index contributed by atoms with van der Waals surface area (Å²) in [6, 6.07) is 0. The van der Waals surface area contributed by atoms with Crippen LogP contribution in [-0.2, 0) is 0 Å². The number of alkyl halides is 3. The summed E-state index contributed by atoms with van der Waals surface area (Å²) in [5, 5.41) is 11.2. The zero-order chi connectivity index (χ0) is 9.07. The molecule has 0 aromatic rings. The summed E-state index contributed by atoms with van der Waals surface area (Å²) >= 11 is 0. The molecule has 2 N–H and O–H groups in total. The Balaban J connectivity index is 3.91. The molecule has 0 aromatic heterocycles. The van der Waals surface area contributed by atoms with E-state index in [1.165, 1.54) is 6.92 Å². The molecular weight excluding hydrogens is 159 g/mol. The molecule has 0 aromatic carbocycles. The molecule has 0 rings (SSSR count). The average molecular weight is 171 g/mol. The van der Waals surface area contributed by atoms with E-state index in [9.17, 15) is 13.2 Å². The van der Waals surface area contributed by atoms with E-state index in [4.69, 9.17) is 5.11 Å². The number of hydrogen-bond acceptors (Lipinski definition) is 2. The van der Waals surface area contributed by atoms with Gasteiger partial charge in [0.25, 0.3) is 0 Å². The van der Waals surface area contributed by atoms with Gasteiger partial charge in [0.05, 0.1) is 0 Å². The van der Waals surface area contributed by atoms with Gasteiger partial charge in [-0.15, -0.1) is 0 Å². The molecule has 0 fully saturated rings. The van der Waals surface area contributed by atoms with Gasteiger partial charge in [-0.1, -0.05) is 6.92 Å². The topological polar surface area (TPSA) is 32.3 Å². The van der Waals surface area contributed by atoms with Crippen molar-refractivity contribution >= 4 is 0 Å². The van der Waals surface area contributed by atoms with E-state index in [0.717, 1.165) is 0 Å². The fraction of sp³-hybridized carbons (Fsp3) is 1.00. The molecule has 11 heavy (non-hydrogen) atoms. The molecule has 0 amide bonds. The third-order valence-electron chi connectivity index (χ3n) is 1.40. The Hall–Kier alpha value is -0.290. The number of halogens is 3. The standard InChI is InChI=1S/C6H12F3NO/c1-4(3-10-2)5(11)6(7,8)9/h4-5,10-11H,3H2,1-2H3. The summed E-state index contributed by atoms with van der Waals surface area (Å²) in [6.07, 6.45) is -6.73. The second-order valence-corrected chi connectivity index (χ2v) is 2.52. The molecule has 0 aliphatic rings. The third-order valence-corrected chi connectivity index (χ3v) is 1.40. The van der Waals surface area contributed by atoms with Gasteiger partial charge >= 0.3 is 6.18 Å². The first kappa shape index (κ1) is 10.7. The molecule has 0 radical (unpaired) electrons. The second-order valence-electron chi connectivity index (χ2n) is 2.52. The molecule has 0 saturated carbocycles. The predicted octanol–water partition coefficient (Wildman–Crippen LogP) is 0.765. The Morgan fingerprint density at radius 1 is 1.45 bits per heavy atom. The van der Waals surface area contributed by atoms with Gasteiger partial charge in [-0.3, -0.25) is 0 Å². The minimum atomic E-state index is -4.50. The van der Waals surface area contributed by atoms with Crippen molar-refractivity contribution in [2.75, 3.05) is 13.6 Å². The van der Waals surface area contributed by atoms with Crippen molar-refractivity contribution in [2.45, 2.75) is 19.2 Å². The van der Waals surface area contributed by atoms with Crippen LogP contribution in [0.4, 0.5) is 13.2 Å². The predicted molar refractivity (Wildman–Crippen MR) is 35.2 cm³/mol. The summed E-state index contributed by atoms with van der Waals surface area (Å²) in [7, 11) is 1.54. The maximum atomic E-state index is 11.7. The third kappa shape index (κ3) is 3.57. The highest BCUT2D eigenvalue weighted by atomic mass is 19.4. The molecule has 0 aliphatic carbocycles. The van der Waals surface area contributed by atoms with E-state index in [-0.39, 0.29) is 6.54 Å². The monoisotopic (exact) mass is 171 g/mol. The Bertz CT molecular complexity index is 115. The van der Waals surface area contributed by atoms with Crippen molar-refractivity contribution in [3.8, 4) is 0 Å². The lowest BCUT2D eigenvalue weighted by Gasteiger charge is -2.20. The SMILES string of the molecule is CNCC(C)C(O)C(F)(F)F. The van der Waals surface area contributed by atoms with E-state index >= 15 is 0 Å². The molecule has 2 nitrogen and oxygen atoms in total. The Morgan fingerprint density at radius 3 is 2.18 bits per heavy atom. The summed E-state index contributed by atoms with van der Waals surface area (Å²) < 4.78 is 35.2. The van der Waals surface area contributed by atoms with Crippen LogP contribution >= 0.6 is 0 Å². The zero-order valence-corrected chi connectivity index (χ0v) is 6.44. The van der Waals surface area contributed by atoms with Gasteiger partial charge in [0, 0.05) is 12.5 Å². The highest BCUT2D eigenvalue weighted by Crippen LogP contribution is 2.24. The molecule has 0 aliphatic heterocycles. The normalized spacial score (nSPS) is 18.0. The lowest BCUT2D eigenvalue weighted by atomic mass is 10.1. The van der Waals surface area contributed by atoms with Crippen LogP contribution in [0.15, 0.2) is 0 Å². The second kappa shape index (κ2) is 3.92. The van der Waals surface area contributed by atoms with Crippen molar-refractivity contribution in [1.29, 1.82) is 0 Å². The molecule has 0 bridgehead atoms. The summed E-state index contributed by atoms with van der Waals surface area (Å²) in [5.74, 6) is -0.806. The van der Waals surface area contributed by atoms with Gasteiger partial charge in [0.2, 0.25) is 0 Å². The lowest BCUT2D eigenvalue weighted by molar-refractivity contribution is -0.217. The largest absolute Gasteiger partial charge is 0.414 e. The van der Waals surface area contributed by atoms with Crippen LogP contribution in [-0.4, -0.2) is 31.0 Å². The van der Waals surface area contributed by atoms with E-state index < -0.39 is 18.2 Å². The van der Waals surface area contributed by atoms with E-state index in [1.54, 1.807) is 7.05 Å². The molecule has 5 heteroatoms. The van der Waals surface area contributed by atoms with Gasteiger partial charge in [0.15, 0.2) is 6.10 Å². The van der Waals surface area contributed by atoms with Crippen LogP contribution < -0.4 is 5.32 Å². The summed E-state index contributed by atoms with van der Waals surface area (Å²) in [5.41, 5.74) is 0. The van der Waals surface area contributed by atoms with Crippen LogP contribution in [0.2, 0.25) is 0 Å². The quantitative estimate of drug-likeness (QED) is 0.657. The first-order valence-corrected chi connectivity index (χ1v) is 3.29. The van der Waals surface area contributed by atoms with E-state index in [2.05, 4.69) is 5.32 Å². The first-order chi connectivity index (χ1) is 4.89. The first-order valence-electron chi connectivity index (χ1n) is 3.29. The maximum Gasteiger partial charge on any atom is 0.414 e. The number of rotatable bonds is 3. The molecule has 0 spiro atoms. The average Bonchev–Trinajstić information content (AvgIpc) is 1.85. The van der Waals surface area contributed by atoms with Crippen molar-refractivity contribution in [1.82, 2.24) is 5.32 Å². The molecule has 0 saturated heterocycles. The van der Waals surface area contributed by atoms with Gasteiger partial charge in [-0.2, -0.15) is 13.2 Å². The minimum Gasteiger partial charge on any atom is -0.383 e. The minimum absolute atomic E-state index is 0.153. The van der Waals surface area contributed by atoms with Gasteiger partial charge in [-0.05, 0) is 7.05 Å².